The zero-order valence-electron chi connectivity index (χ0n) is 11.8. The molecule has 0 aliphatic carbocycles. The highest BCUT2D eigenvalue weighted by atomic mass is 32.2. The normalized spacial score (nSPS) is 13.1. The molecule has 6 heteroatoms. The summed E-state index contributed by atoms with van der Waals surface area (Å²) in [5.41, 5.74) is 0.355. The van der Waals surface area contributed by atoms with E-state index in [1.54, 1.807) is 30.3 Å². The fourth-order valence-electron chi connectivity index (χ4n) is 1.63. The summed E-state index contributed by atoms with van der Waals surface area (Å²) in [5.74, 6) is -0.506. The molecule has 0 amide bonds. The van der Waals surface area contributed by atoms with E-state index >= 15 is 0 Å². The Morgan fingerprint density at radius 3 is 2.25 bits per heavy atom. The minimum Gasteiger partial charge on any atom is -0.462 e. The van der Waals surface area contributed by atoms with Gasteiger partial charge in [-0.2, -0.15) is 0 Å². The highest BCUT2D eigenvalue weighted by Gasteiger charge is 2.22. The van der Waals surface area contributed by atoms with Gasteiger partial charge >= 0.3 is 5.97 Å². The van der Waals surface area contributed by atoms with Crippen molar-refractivity contribution in [1.29, 1.82) is 0 Å². The van der Waals surface area contributed by atoms with Gasteiger partial charge < -0.3 is 4.74 Å². The number of hydrogen-bond donors (Lipinski definition) is 1. The topological polar surface area (TPSA) is 86.5 Å². The van der Waals surface area contributed by atoms with Crippen LogP contribution in [0.4, 0.5) is 0 Å². The molecule has 0 unspecified atom stereocenters. The number of carbonyl (C=O) groups is 1. The van der Waals surface area contributed by atoms with Crippen molar-refractivity contribution in [3.8, 4) is 0 Å². The summed E-state index contributed by atoms with van der Waals surface area (Å²) in [4.78, 5) is 11.7. The van der Waals surface area contributed by atoms with Gasteiger partial charge in [0, 0.05) is 0 Å². The minimum absolute atomic E-state index is 0.0145. The van der Waals surface area contributed by atoms with Gasteiger partial charge in [0.15, 0.2) is 0 Å². The average Bonchev–Trinajstić information content (AvgIpc) is 2.35. The first-order chi connectivity index (χ1) is 9.23. The molecule has 0 atom stereocenters. The van der Waals surface area contributed by atoms with E-state index < -0.39 is 16.0 Å². The number of esters is 1. The zero-order valence-corrected chi connectivity index (χ0v) is 12.6. The molecule has 20 heavy (non-hydrogen) atoms. The lowest BCUT2D eigenvalue weighted by Gasteiger charge is -2.11. The molecule has 0 saturated carbocycles. The third-order valence-electron chi connectivity index (χ3n) is 2.52. The van der Waals surface area contributed by atoms with Gasteiger partial charge in [0.2, 0.25) is 10.0 Å². The predicted octanol–water partition coefficient (Wildman–Crippen LogP) is 1.91. The minimum atomic E-state index is -4.02. The molecular formula is C14H19NO4S. The predicted molar refractivity (Wildman–Crippen MR) is 77.9 cm³/mol. The van der Waals surface area contributed by atoms with Gasteiger partial charge in [-0.1, -0.05) is 44.2 Å². The number of hydrogen-bond acceptors (Lipinski definition) is 4. The van der Waals surface area contributed by atoms with E-state index in [0.717, 1.165) is 0 Å². The Balaban J connectivity index is 3.23. The highest BCUT2D eigenvalue weighted by Crippen LogP contribution is 2.23. The van der Waals surface area contributed by atoms with Crippen LogP contribution >= 0.6 is 0 Å². The van der Waals surface area contributed by atoms with Crippen molar-refractivity contribution in [2.45, 2.75) is 20.8 Å². The fraction of sp³-hybridized carbons (Fsp3) is 0.357. The van der Waals surface area contributed by atoms with E-state index in [-0.39, 0.29) is 23.0 Å². The monoisotopic (exact) mass is 297 g/mol. The molecule has 0 saturated heterocycles. The van der Waals surface area contributed by atoms with Crippen molar-refractivity contribution in [3.63, 3.8) is 0 Å². The molecule has 0 heterocycles. The first kappa shape index (κ1) is 16.4. The van der Waals surface area contributed by atoms with E-state index in [1.807, 2.05) is 13.8 Å². The lowest BCUT2D eigenvalue weighted by Crippen LogP contribution is -2.19. The largest absolute Gasteiger partial charge is 0.462 e. The Morgan fingerprint density at radius 1 is 1.25 bits per heavy atom. The molecular weight excluding hydrogens is 278 g/mol. The molecule has 0 radical (unpaired) electrons. The summed E-state index contributed by atoms with van der Waals surface area (Å²) in [6.07, 6.45) is 0. The lowest BCUT2D eigenvalue weighted by atomic mass is 10.1. The van der Waals surface area contributed by atoms with Crippen LogP contribution < -0.4 is 5.14 Å². The van der Waals surface area contributed by atoms with Crippen molar-refractivity contribution < 1.29 is 17.9 Å². The van der Waals surface area contributed by atoms with Crippen molar-refractivity contribution in [2.75, 3.05) is 6.61 Å². The SMILES string of the molecule is CC(C(=O)OCC(C)C)=C(c1ccccc1)S(N)(=O)=O. The zero-order chi connectivity index (χ0) is 15.3. The highest BCUT2D eigenvalue weighted by molar-refractivity contribution is 7.98. The molecule has 0 aliphatic rings. The Labute approximate surface area is 119 Å². The molecule has 1 aromatic carbocycles. The summed E-state index contributed by atoms with van der Waals surface area (Å²) in [6, 6.07) is 8.26. The smallest absolute Gasteiger partial charge is 0.335 e. The summed E-state index contributed by atoms with van der Waals surface area (Å²) < 4.78 is 28.5. The standard InChI is InChI=1S/C14H19NO4S/c1-10(2)9-19-14(16)11(3)13(20(15,17)18)12-7-5-4-6-8-12/h4-8,10H,9H2,1-3H3,(H2,15,17,18). The Kier molecular flexibility index (Phi) is 5.47. The molecule has 1 aromatic rings. The van der Waals surface area contributed by atoms with Crippen LogP contribution in [0.3, 0.4) is 0 Å². The molecule has 0 fully saturated rings. The first-order valence-corrected chi connectivity index (χ1v) is 7.74. The molecule has 2 N–H and O–H groups in total. The van der Waals surface area contributed by atoms with Crippen LogP contribution in [0, 0.1) is 5.92 Å². The maximum absolute atomic E-state index is 11.9. The van der Waals surface area contributed by atoms with Crippen molar-refractivity contribution >= 4 is 20.9 Å². The molecule has 5 nitrogen and oxygen atoms in total. The van der Waals surface area contributed by atoms with Gasteiger partial charge in [-0.15, -0.1) is 0 Å². The number of nitrogens with two attached hydrogens (primary N) is 1. The van der Waals surface area contributed by atoms with Gasteiger partial charge in [0.1, 0.15) is 0 Å². The van der Waals surface area contributed by atoms with Gasteiger partial charge in [0.25, 0.3) is 0 Å². The Bertz CT molecular complexity index is 603. The van der Waals surface area contributed by atoms with Crippen LogP contribution in [0.1, 0.15) is 26.3 Å². The van der Waals surface area contributed by atoms with E-state index in [2.05, 4.69) is 0 Å². The van der Waals surface area contributed by atoms with Gasteiger partial charge in [0.05, 0.1) is 17.1 Å². The third kappa shape index (κ3) is 4.47. The summed E-state index contributed by atoms with van der Waals surface area (Å²) in [5, 5.41) is 5.21. The van der Waals surface area contributed by atoms with Crippen LogP contribution in [-0.4, -0.2) is 21.0 Å². The molecule has 0 bridgehead atoms. The second-order valence-electron chi connectivity index (χ2n) is 4.86. The van der Waals surface area contributed by atoms with Crippen LogP contribution in [0.5, 0.6) is 0 Å². The van der Waals surface area contributed by atoms with E-state index in [9.17, 15) is 13.2 Å². The van der Waals surface area contributed by atoms with Gasteiger partial charge in [-0.25, -0.2) is 18.4 Å². The van der Waals surface area contributed by atoms with E-state index in [0.29, 0.717) is 5.56 Å². The van der Waals surface area contributed by atoms with Gasteiger partial charge in [-0.05, 0) is 18.4 Å². The number of benzene rings is 1. The van der Waals surface area contributed by atoms with Crippen LogP contribution in [0.2, 0.25) is 0 Å². The second-order valence-corrected chi connectivity index (χ2v) is 6.36. The number of rotatable bonds is 5. The van der Waals surface area contributed by atoms with Crippen molar-refractivity contribution in [1.82, 2.24) is 0 Å². The van der Waals surface area contributed by atoms with Crippen molar-refractivity contribution in [2.24, 2.45) is 11.1 Å². The second kappa shape index (κ2) is 6.67. The summed E-state index contributed by atoms with van der Waals surface area (Å²) in [7, 11) is -4.02. The van der Waals surface area contributed by atoms with Crippen LogP contribution in [0.25, 0.3) is 4.91 Å². The van der Waals surface area contributed by atoms with Crippen molar-refractivity contribution in [3.05, 3.63) is 41.5 Å². The lowest BCUT2D eigenvalue weighted by molar-refractivity contribution is -0.139. The Hall–Kier alpha value is -1.66. The molecule has 0 spiro atoms. The average molecular weight is 297 g/mol. The first-order valence-electron chi connectivity index (χ1n) is 6.19. The number of ether oxygens (including phenoxy) is 1. The Morgan fingerprint density at radius 2 is 1.80 bits per heavy atom. The fourth-order valence-corrected chi connectivity index (χ4v) is 2.60. The van der Waals surface area contributed by atoms with E-state index in [4.69, 9.17) is 9.88 Å². The quantitative estimate of drug-likeness (QED) is 0.664. The number of sulfonamides is 1. The molecule has 0 aliphatic heterocycles. The summed E-state index contributed by atoms with van der Waals surface area (Å²) in [6.45, 7) is 5.41. The summed E-state index contributed by atoms with van der Waals surface area (Å²) >= 11 is 0. The maximum atomic E-state index is 11.9. The van der Waals surface area contributed by atoms with Gasteiger partial charge in [-0.3, -0.25) is 0 Å². The van der Waals surface area contributed by atoms with E-state index in [1.165, 1.54) is 6.92 Å². The van der Waals surface area contributed by atoms with Crippen LogP contribution in [0.15, 0.2) is 35.9 Å². The van der Waals surface area contributed by atoms with Crippen LogP contribution in [-0.2, 0) is 19.6 Å². The molecule has 110 valence electrons. The molecule has 1 rings (SSSR count). The number of primary sulfonamides is 1. The number of carbonyl (C=O) groups excluding carboxylic acids is 1. The third-order valence-corrected chi connectivity index (χ3v) is 3.63. The maximum Gasteiger partial charge on any atom is 0.335 e. The molecule has 0 aromatic heterocycles.